The average molecular weight is 412 g/mol. The number of hydrogen-bond donors (Lipinski definition) is 3. The normalized spacial score (nSPS) is 10.0. The summed E-state index contributed by atoms with van der Waals surface area (Å²) < 4.78 is 0. The summed E-state index contributed by atoms with van der Waals surface area (Å²) in [6.07, 6.45) is 0. The number of nitrogens with two attached hydrogens (primary N) is 1. The molecule has 0 radical (unpaired) electrons. The van der Waals surface area contributed by atoms with Crippen molar-refractivity contribution < 1.29 is 14.4 Å². The molecule has 0 aliphatic carbocycles. The van der Waals surface area contributed by atoms with Crippen molar-refractivity contribution in [1.29, 1.82) is 5.26 Å². The van der Waals surface area contributed by atoms with Gasteiger partial charge in [-0.1, -0.05) is 48.5 Å². The van der Waals surface area contributed by atoms with Gasteiger partial charge in [-0.2, -0.15) is 5.26 Å². The fraction of sp³-hybridized carbons (Fsp3) is 0.0833. The third-order valence-corrected chi connectivity index (χ3v) is 4.60. The van der Waals surface area contributed by atoms with Crippen LogP contribution in [0.5, 0.6) is 0 Å². The van der Waals surface area contributed by atoms with Crippen LogP contribution in [0, 0.1) is 11.3 Å². The van der Waals surface area contributed by atoms with Gasteiger partial charge in [0.2, 0.25) is 5.91 Å². The van der Waals surface area contributed by atoms with E-state index in [1.165, 1.54) is 0 Å². The molecular weight excluding hydrogens is 392 g/mol. The number of hydrogen-bond acceptors (Lipinski definition) is 4. The minimum Gasteiger partial charge on any atom is -0.368 e. The second-order valence-electron chi connectivity index (χ2n) is 6.73. The maximum absolute atomic E-state index is 12.8. The summed E-state index contributed by atoms with van der Waals surface area (Å²) >= 11 is 0. The maximum atomic E-state index is 12.8. The lowest BCUT2D eigenvalue weighted by molar-refractivity contribution is -0.117. The fourth-order valence-electron chi connectivity index (χ4n) is 3.05. The first-order chi connectivity index (χ1) is 15.0. The third-order valence-electron chi connectivity index (χ3n) is 4.60. The lowest BCUT2D eigenvalue weighted by Gasteiger charge is -2.12. The van der Waals surface area contributed by atoms with Gasteiger partial charge in [0, 0.05) is 23.2 Å². The third kappa shape index (κ3) is 5.34. The zero-order valence-electron chi connectivity index (χ0n) is 16.6. The van der Waals surface area contributed by atoms with Crippen LogP contribution in [0.25, 0.3) is 11.1 Å². The van der Waals surface area contributed by atoms with Crippen molar-refractivity contribution in [2.75, 3.05) is 6.54 Å². The highest BCUT2D eigenvalue weighted by molar-refractivity contribution is 6.01. The Balaban J connectivity index is 1.70. The smallest absolute Gasteiger partial charge is 0.252 e. The molecule has 0 aliphatic heterocycles. The largest absolute Gasteiger partial charge is 0.368 e. The standard InChI is InChI=1S/C24H20N4O3/c25-13-18-5-1-2-6-19(18)20-7-3-4-8-21(20)24(31)27-14-16-9-11-17(12-10-16)23(30)28-15-22(26)29/h1-12H,14-15H2,(H2,26,29)(H,27,31)(H,28,30). The van der Waals surface area contributed by atoms with Gasteiger partial charge in [0.1, 0.15) is 0 Å². The molecule has 3 rings (SSSR count). The summed E-state index contributed by atoms with van der Waals surface area (Å²) in [7, 11) is 0. The molecule has 0 atom stereocenters. The van der Waals surface area contributed by atoms with E-state index < -0.39 is 11.8 Å². The summed E-state index contributed by atoms with van der Waals surface area (Å²) in [5.74, 6) is -1.29. The highest BCUT2D eigenvalue weighted by Gasteiger charge is 2.14. The van der Waals surface area contributed by atoms with Crippen molar-refractivity contribution in [3.05, 3.63) is 95.1 Å². The Labute approximate surface area is 179 Å². The van der Waals surface area contributed by atoms with Gasteiger partial charge in [-0.05, 0) is 35.4 Å². The van der Waals surface area contributed by atoms with Crippen molar-refractivity contribution in [1.82, 2.24) is 10.6 Å². The van der Waals surface area contributed by atoms with E-state index in [1.54, 1.807) is 48.5 Å². The minimum absolute atomic E-state index is 0.231. The van der Waals surface area contributed by atoms with Gasteiger partial charge in [0.25, 0.3) is 11.8 Å². The summed E-state index contributed by atoms with van der Waals surface area (Å²) in [4.78, 5) is 35.5. The van der Waals surface area contributed by atoms with E-state index in [9.17, 15) is 19.6 Å². The summed E-state index contributed by atoms with van der Waals surface area (Å²) in [6.45, 7) is 0.0290. The molecule has 7 heteroatoms. The maximum Gasteiger partial charge on any atom is 0.252 e. The second-order valence-corrected chi connectivity index (χ2v) is 6.73. The fourth-order valence-corrected chi connectivity index (χ4v) is 3.05. The molecule has 0 bridgehead atoms. The van der Waals surface area contributed by atoms with E-state index in [4.69, 9.17) is 5.73 Å². The molecule has 3 aromatic carbocycles. The number of nitrogens with zero attached hydrogens (tertiary/aromatic N) is 1. The van der Waals surface area contributed by atoms with Gasteiger partial charge in [-0.15, -0.1) is 0 Å². The van der Waals surface area contributed by atoms with Crippen molar-refractivity contribution in [3.63, 3.8) is 0 Å². The molecule has 3 aromatic rings. The topological polar surface area (TPSA) is 125 Å². The van der Waals surface area contributed by atoms with Gasteiger partial charge >= 0.3 is 0 Å². The molecule has 31 heavy (non-hydrogen) atoms. The Hall–Kier alpha value is -4.44. The van der Waals surface area contributed by atoms with E-state index in [2.05, 4.69) is 16.7 Å². The number of carbonyl (C=O) groups is 3. The Morgan fingerprint density at radius 3 is 2.13 bits per heavy atom. The number of benzene rings is 3. The molecule has 0 fully saturated rings. The summed E-state index contributed by atoms with van der Waals surface area (Å²) in [6, 6.07) is 23.1. The molecule has 0 heterocycles. The first-order valence-electron chi connectivity index (χ1n) is 9.51. The Morgan fingerprint density at radius 2 is 1.45 bits per heavy atom. The van der Waals surface area contributed by atoms with E-state index in [-0.39, 0.29) is 19.0 Å². The molecule has 4 N–H and O–H groups in total. The molecule has 0 unspecified atom stereocenters. The predicted octanol–water partition coefficient (Wildman–Crippen LogP) is 2.37. The number of rotatable bonds is 7. The quantitative estimate of drug-likeness (QED) is 0.551. The van der Waals surface area contributed by atoms with Gasteiger partial charge < -0.3 is 16.4 Å². The van der Waals surface area contributed by atoms with Crippen LogP contribution < -0.4 is 16.4 Å². The van der Waals surface area contributed by atoms with Gasteiger partial charge in [0.05, 0.1) is 18.2 Å². The number of carbonyl (C=O) groups excluding carboxylic acids is 3. The molecule has 3 amide bonds. The number of nitrogens with one attached hydrogen (secondary N) is 2. The van der Waals surface area contributed by atoms with Crippen LogP contribution in [0.1, 0.15) is 31.8 Å². The molecule has 0 saturated carbocycles. The molecule has 0 saturated heterocycles. The van der Waals surface area contributed by atoms with E-state index >= 15 is 0 Å². The monoisotopic (exact) mass is 412 g/mol. The van der Waals surface area contributed by atoms with Crippen molar-refractivity contribution in [2.24, 2.45) is 5.73 Å². The molecule has 0 spiro atoms. The zero-order valence-corrected chi connectivity index (χ0v) is 16.6. The van der Waals surface area contributed by atoms with Crippen molar-refractivity contribution in [2.45, 2.75) is 6.54 Å². The minimum atomic E-state index is -0.620. The predicted molar refractivity (Wildman–Crippen MR) is 116 cm³/mol. The van der Waals surface area contributed by atoms with Crippen LogP contribution in [-0.4, -0.2) is 24.3 Å². The Bertz CT molecular complexity index is 1160. The second kappa shape index (κ2) is 9.85. The first-order valence-corrected chi connectivity index (χ1v) is 9.51. The summed E-state index contributed by atoms with van der Waals surface area (Å²) in [5.41, 5.74) is 8.53. The molecule has 0 aliphatic rings. The van der Waals surface area contributed by atoms with Crippen LogP contribution in [0.15, 0.2) is 72.8 Å². The van der Waals surface area contributed by atoms with E-state index in [1.807, 2.05) is 24.3 Å². The lowest BCUT2D eigenvalue weighted by Crippen LogP contribution is -2.33. The van der Waals surface area contributed by atoms with Gasteiger partial charge in [-0.25, -0.2) is 0 Å². The molecule has 0 aromatic heterocycles. The highest BCUT2D eigenvalue weighted by atomic mass is 16.2. The van der Waals surface area contributed by atoms with Crippen molar-refractivity contribution in [3.8, 4) is 17.2 Å². The first kappa shape index (κ1) is 21.3. The molecular formula is C24H20N4O3. The van der Waals surface area contributed by atoms with Crippen LogP contribution in [-0.2, 0) is 11.3 Å². The van der Waals surface area contributed by atoms with Crippen molar-refractivity contribution >= 4 is 17.7 Å². The van der Waals surface area contributed by atoms with E-state index in [0.29, 0.717) is 27.8 Å². The Morgan fingerprint density at radius 1 is 0.806 bits per heavy atom. The Kier molecular flexibility index (Phi) is 6.76. The lowest BCUT2D eigenvalue weighted by atomic mass is 9.95. The van der Waals surface area contributed by atoms with Gasteiger partial charge in [0.15, 0.2) is 0 Å². The SMILES string of the molecule is N#Cc1ccccc1-c1ccccc1C(=O)NCc1ccc(C(=O)NCC(N)=O)cc1. The van der Waals surface area contributed by atoms with Crippen LogP contribution in [0.3, 0.4) is 0 Å². The van der Waals surface area contributed by atoms with E-state index in [0.717, 1.165) is 5.56 Å². The highest BCUT2D eigenvalue weighted by Crippen LogP contribution is 2.26. The van der Waals surface area contributed by atoms with Gasteiger partial charge in [-0.3, -0.25) is 14.4 Å². The van der Waals surface area contributed by atoms with Crippen LogP contribution in [0.2, 0.25) is 0 Å². The van der Waals surface area contributed by atoms with Crippen LogP contribution in [0.4, 0.5) is 0 Å². The number of nitriles is 1. The van der Waals surface area contributed by atoms with Crippen LogP contribution >= 0.6 is 0 Å². The zero-order chi connectivity index (χ0) is 22.2. The summed E-state index contributed by atoms with van der Waals surface area (Å²) in [5, 5.41) is 14.7. The molecule has 154 valence electrons. The number of primary amides is 1. The number of amides is 3. The average Bonchev–Trinajstić information content (AvgIpc) is 2.81. The molecule has 7 nitrogen and oxygen atoms in total.